The van der Waals surface area contributed by atoms with Gasteiger partial charge in [0.05, 0.1) is 24.1 Å². The molecule has 0 amide bonds. The van der Waals surface area contributed by atoms with Crippen molar-refractivity contribution in [3.05, 3.63) is 46.5 Å². The summed E-state index contributed by atoms with van der Waals surface area (Å²) in [5, 5.41) is 19.6. The van der Waals surface area contributed by atoms with E-state index >= 15 is 0 Å². The first kappa shape index (κ1) is 14.5. The van der Waals surface area contributed by atoms with E-state index in [-0.39, 0.29) is 40.0 Å². The average Bonchev–Trinajstić information content (AvgIpc) is 2.45. The molecule has 1 aliphatic heterocycles. The summed E-state index contributed by atoms with van der Waals surface area (Å²) in [6.07, 6.45) is -0.460. The number of ether oxygens (including phenoxy) is 2. The van der Waals surface area contributed by atoms with E-state index in [9.17, 15) is 15.0 Å². The number of carbonyl (C=O) groups is 1. The molecule has 0 spiro atoms. The number of fused-ring (bicyclic) bond motifs is 1. The Bertz CT molecular complexity index is 756. The van der Waals surface area contributed by atoms with Gasteiger partial charge in [0.2, 0.25) is 0 Å². The number of phenols is 2. The lowest BCUT2D eigenvalue weighted by molar-refractivity contribution is 0.0849. The van der Waals surface area contributed by atoms with E-state index in [1.807, 2.05) is 0 Å². The number of hydrogen-bond donors (Lipinski definition) is 2. The second-order valence-corrected chi connectivity index (χ2v) is 5.37. The molecule has 0 bridgehead atoms. The molecule has 2 aromatic carbocycles. The van der Waals surface area contributed by atoms with E-state index in [1.54, 1.807) is 12.1 Å². The largest absolute Gasteiger partial charge is 0.508 e. The van der Waals surface area contributed by atoms with Gasteiger partial charge in [0.25, 0.3) is 0 Å². The van der Waals surface area contributed by atoms with Crippen LogP contribution >= 0.6 is 11.6 Å². The molecular weight excluding hydrogens is 308 g/mol. The molecule has 114 valence electrons. The third-order valence-electron chi connectivity index (χ3n) is 3.53. The third-order valence-corrected chi connectivity index (χ3v) is 3.83. The monoisotopic (exact) mass is 320 g/mol. The van der Waals surface area contributed by atoms with Crippen LogP contribution in [0.4, 0.5) is 0 Å². The Morgan fingerprint density at radius 1 is 1.27 bits per heavy atom. The number of hydrogen-bond acceptors (Lipinski definition) is 5. The molecule has 2 N–H and O–H groups in total. The van der Waals surface area contributed by atoms with Crippen molar-refractivity contribution in [1.29, 1.82) is 0 Å². The predicted octanol–water partition coefficient (Wildman–Crippen LogP) is 3.47. The van der Waals surface area contributed by atoms with Crippen LogP contribution in [0.5, 0.6) is 23.0 Å². The zero-order valence-electron chi connectivity index (χ0n) is 11.7. The number of ketones is 1. The zero-order valence-corrected chi connectivity index (χ0v) is 12.4. The minimum absolute atomic E-state index is 0.0317. The van der Waals surface area contributed by atoms with Gasteiger partial charge < -0.3 is 19.7 Å². The normalized spacial score (nSPS) is 16.8. The molecule has 0 fully saturated rings. The van der Waals surface area contributed by atoms with Gasteiger partial charge in [0.1, 0.15) is 17.6 Å². The van der Waals surface area contributed by atoms with Crippen LogP contribution in [0.1, 0.15) is 28.4 Å². The van der Waals surface area contributed by atoms with Crippen molar-refractivity contribution in [2.75, 3.05) is 7.11 Å². The van der Waals surface area contributed by atoms with Gasteiger partial charge in [-0.25, -0.2) is 0 Å². The van der Waals surface area contributed by atoms with Crippen LogP contribution in [-0.2, 0) is 0 Å². The molecule has 1 unspecified atom stereocenters. The number of methoxy groups -OCH3 is 1. The van der Waals surface area contributed by atoms with E-state index in [4.69, 9.17) is 21.1 Å². The first-order valence-electron chi connectivity index (χ1n) is 6.59. The molecule has 0 aromatic heterocycles. The van der Waals surface area contributed by atoms with Gasteiger partial charge in [0.15, 0.2) is 17.3 Å². The summed E-state index contributed by atoms with van der Waals surface area (Å²) in [5.41, 5.74) is 0.908. The van der Waals surface area contributed by atoms with Crippen LogP contribution < -0.4 is 9.47 Å². The molecule has 6 heteroatoms. The zero-order chi connectivity index (χ0) is 15.9. The summed E-state index contributed by atoms with van der Waals surface area (Å²) in [7, 11) is 1.45. The maximum absolute atomic E-state index is 12.3. The lowest BCUT2D eigenvalue weighted by Gasteiger charge is -2.26. The summed E-state index contributed by atoms with van der Waals surface area (Å²) >= 11 is 5.98. The second-order valence-electron chi connectivity index (χ2n) is 4.97. The smallest absolute Gasteiger partial charge is 0.172 e. The lowest BCUT2D eigenvalue weighted by atomic mass is 9.96. The van der Waals surface area contributed by atoms with Gasteiger partial charge in [-0.3, -0.25) is 4.79 Å². The fraction of sp³-hybridized carbons (Fsp3) is 0.188. The van der Waals surface area contributed by atoms with E-state index in [0.717, 1.165) is 0 Å². The SMILES string of the molecule is COc1ccc(C2CC(=O)c3c(Cl)cc(O)cc3O2)cc1O. The van der Waals surface area contributed by atoms with Gasteiger partial charge in [-0.2, -0.15) is 0 Å². The van der Waals surface area contributed by atoms with Crippen molar-refractivity contribution >= 4 is 17.4 Å². The van der Waals surface area contributed by atoms with Crippen molar-refractivity contribution in [1.82, 2.24) is 0 Å². The Labute approximate surface area is 131 Å². The molecule has 2 aromatic rings. The van der Waals surface area contributed by atoms with Crippen molar-refractivity contribution in [3.63, 3.8) is 0 Å². The highest BCUT2D eigenvalue weighted by atomic mass is 35.5. The minimum atomic E-state index is -0.560. The molecule has 1 aliphatic rings. The Balaban J connectivity index is 1.98. The van der Waals surface area contributed by atoms with Crippen molar-refractivity contribution in [2.24, 2.45) is 0 Å². The van der Waals surface area contributed by atoms with E-state index in [2.05, 4.69) is 0 Å². The lowest BCUT2D eigenvalue weighted by Crippen LogP contribution is -2.20. The van der Waals surface area contributed by atoms with Crippen LogP contribution in [0.3, 0.4) is 0 Å². The van der Waals surface area contributed by atoms with Gasteiger partial charge in [-0.1, -0.05) is 17.7 Å². The second kappa shape index (κ2) is 5.42. The summed E-state index contributed by atoms with van der Waals surface area (Å²) in [5.74, 6) is 0.297. The molecule has 0 radical (unpaired) electrons. The fourth-order valence-electron chi connectivity index (χ4n) is 2.49. The summed E-state index contributed by atoms with van der Waals surface area (Å²) in [6, 6.07) is 7.47. The molecule has 0 saturated heterocycles. The number of rotatable bonds is 2. The Hall–Kier alpha value is -2.40. The number of phenolic OH excluding ortho intramolecular Hbond substituents is 2. The van der Waals surface area contributed by atoms with Gasteiger partial charge in [-0.15, -0.1) is 0 Å². The Morgan fingerprint density at radius 3 is 2.73 bits per heavy atom. The standard InChI is InChI=1S/C16H13ClO5/c1-21-13-3-2-8(4-11(13)19)14-7-12(20)16-10(17)5-9(18)6-15(16)22-14/h2-6,14,18-19H,7H2,1H3. The summed E-state index contributed by atoms with van der Waals surface area (Å²) in [6.45, 7) is 0. The van der Waals surface area contributed by atoms with Crippen LogP contribution in [0.25, 0.3) is 0 Å². The molecule has 22 heavy (non-hydrogen) atoms. The Kier molecular flexibility index (Phi) is 3.58. The fourth-order valence-corrected chi connectivity index (χ4v) is 2.80. The van der Waals surface area contributed by atoms with Crippen molar-refractivity contribution in [3.8, 4) is 23.0 Å². The van der Waals surface area contributed by atoms with Gasteiger partial charge in [0, 0.05) is 6.07 Å². The number of benzene rings is 2. The maximum atomic E-state index is 12.3. The van der Waals surface area contributed by atoms with E-state index in [1.165, 1.54) is 25.3 Å². The molecule has 5 nitrogen and oxygen atoms in total. The first-order chi connectivity index (χ1) is 10.5. The van der Waals surface area contributed by atoms with E-state index < -0.39 is 6.10 Å². The van der Waals surface area contributed by atoms with Crippen LogP contribution in [0, 0.1) is 0 Å². The van der Waals surface area contributed by atoms with Crippen LogP contribution in [0.2, 0.25) is 5.02 Å². The molecule has 1 heterocycles. The van der Waals surface area contributed by atoms with Gasteiger partial charge in [-0.05, 0) is 23.8 Å². The summed E-state index contributed by atoms with van der Waals surface area (Å²) in [4.78, 5) is 12.3. The quantitative estimate of drug-likeness (QED) is 0.886. The molecular formula is C16H13ClO5. The number of halogens is 1. The number of carbonyl (C=O) groups excluding carboxylic acids is 1. The van der Waals surface area contributed by atoms with E-state index in [0.29, 0.717) is 11.3 Å². The third kappa shape index (κ3) is 2.44. The topological polar surface area (TPSA) is 76.0 Å². The predicted molar refractivity (Wildman–Crippen MR) is 80.1 cm³/mol. The minimum Gasteiger partial charge on any atom is -0.508 e. The van der Waals surface area contributed by atoms with Gasteiger partial charge >= 0.3 is 0 Å². The highest BCUT2D eigenvalue weighted by Gasteiger charge is 2.30. The molecule has 0 aliphatic carbocycles. The van der Waals surface area contributed by atoms with Crippen LogP contribution in [0.15, 0.2) is 30.3 Å². The van der Waals surface area contributed by atoms with Crippen molar-refractivity contribution in [2.45, 2.75) is 12.5 Å². The first-order valence-corrected chi connectivity index (χ1v) is 6.96. The average molecular weight is 321 g/mol. The van der Waals surface area contributed by atoms with Crippen LogP contribution in [-0.4, -0.2) is 23.1 Å². The number of Topliss-reactive ketones (excluding diaryl/α,β-unsaturated/α-hetero) is 1. The highest BCUT2D eigenvalue weighted by molar-refractivity contribution is 6.34. The molecule has 0 saturated carbocycles. The number of aromatic hydroxyl groups is 2. The Morgan fingerprint density at radius 2 is 2.05 bits per heavy atom. The molecule has 1 atom stereocenters. The molecule has 3 rings (SSSR count). The maximum Gasteiger partial charge on any atom is 0.172 e. The van der Waals surface area contributed by atoms with Crippen molar-refractivity contribution < 1.29 is 24.5 Å². The summed E-state index contributed by atoms with van der Waals surface area (Å²) < 4.78 is 10.7. The highest BCUT2D eigenvalue weighted by Crippen LogP contribution is 2.41.